The maximum absolute atomic E-state index is 13.7. The van der Waals surface area contributed by atoms with Gasteiger partial charge in [0.15, 0.2) is 0 Å². The van der Waals surface area contributed by atoms with Gasteiger partial charge in [0.1, 0.15) is 5.82 Å². The normalized spacial score (nSPS) is 20.2. The van der Waals surface area contributed by atoms with Gasteiger partial charge in [0.2, 0.25) is 0 Å². The third-order valence-corrected chi connectivity index (χ3v) is 4.11. The molecule has 0 spiro atoms. The van der Waals surface area contributed by atoms with E-state index < -0.39 is 11.7 Å². The summed E-state index contributed by atoms with van der Waals surface area (Å²) in [6.45, 7) is 2.54. The summed E-state index contributed by atoms with van der Waals surface area (Å²) in [7, 11) is 0. The van der Waals surface area contributed by atoms with Crippen LogP contribution in [0.3, 0.4) is 0 Å². The molecule has 2 nitrogen and oxygen atoms in total. The highest BCUT2D eigenvalue weighted by atomic mass is 19.1. The molecule has 1 aliphatic rings. The Hall–Kier alpha value is -0.930. The van der Waals surface area contributed by atoms with Crippen molar-refractivity contribution in [2.75, 3.05) is 6.61 Å². The van der Waals surface area contributed by atoms with Crippen molar-refractivity contribution in [2.24, 2.45) is 0 Å². The number of ether oxygens (including phenoxy) is 1. The third-order valence-electron chi connectivity index (χ3n) is 4.11. The van der Waals surface area contributed by atoms with Gasteiger partial charge in [0.05, 0.1) is 11.7 Å². The van der Waals surface area contributed by atoms with Crippen molar-refractivity contribution in [1.82, 2.24) is 0 Å². The molecule has 0 aromatic heterocycles. The van der Waals surface area contributed by atoms with Crippen LogP contribution in [0.1, 0.15) is 44.6 Å². The lowest BCUT2D eigenvalue weighted by Crippen LogP contribution is -2.47. The predicted octanol–water partition coefficient (Wildman–Crippen LogP) is 3.47. The highest BCUT2D eigenvalue weighted by Crippen LogP contribution is 2.36. The van der Waals surface area contributed by atoms with Crippen molar-refractivity contribution in [3.8, 4) is 0 Å². The fourth-order valence-electron chi connectivity index (χ4n) is 3.07. The number of aliphatic hydroxyl groups is 1. The van der Waals surface area contributed by atoms with E-state index in [1.54, 1.807) is 18.2 Å². The molecule has 1 unspecified atom stereocenters. The lowest BCUT2D eigenvalue weighted by Gasteiger charge is -2.41. The van der Waals surface area contributed by atoms with Crippen LogP contribution in [0.5, 0.6) is 0 Å². The molecule has 0 saturated heterocycles. The monoisotopic (exact) mass is 266 g/mol. The molecular formula is C16H23FO2. The number of benzene rings is 1. The van der Waals surface area contributed by atoms with Crippen LogP contribution in [0, 0.1) is 5.82 Å². The fraction of sp³-hybridized carbons (Fsp3) is 0.625. The van der Waals surface area contributed by atoms with Crippen LogP contribution in [0.4, 0.5) is 4.39 Å². The van der Waals surface area contributed by atoms with Gasteiger partial charge in [0, 0.05) is 13.0 Å². The standard InChI is InChI=1S/C16H23FO2/c1-2-19-16(10-6-3-7-11-16)15(18)12-13-8-4-5-9-14(13)17/h4-5,8-9,15,18H,2-3,6-7,10-12H2,1H3. The highest BCUT2D eigenvalue weighted by molar-refractivity contribution is 5.19. The number of hydrogen-bond acceptors (Lipinski definition) is 2. The van der Waals surface area contributed by atoms with Gasteiger partial charge in [-0.15, -0.1) is 0 Å². The van der Waals surface area contributed by atoms with E-state index >= 15 is 0 Å². The summed E-state index contributed by atoms with van der Waals surface area (Å²) in [5, 5.41) is 10.5. The van der Waals surface area contributed by atoms with Gasteiger partial charge in [-0.1, -0.05) is 37.5 Å². The first-order valence-electron chi connectivity index (χ1n) is 7.23. The molecule has 1 aromatic rings. The van der Waals surface area contributed by atoms with E-state index in [1.165, 1.54) is 12.5 Å². The first kappa shape index (κ1) is 14.5. The molecule has 0 aliphatic heterocycles. The van der Waals surface area contributed by atoms with Crippen LogP contribution in [0.25, 0.3) is 0 Å². The molecule has 3 heteroatoms. The van der Waals surface area contributed by atoms with Gasteiger partial charge in [-0.05, 0) is 31.4 Å². The minimum Gasteiger partial charge on any atom is -0.390 e. The number of halogens is 1. The zero-order valence-electron chi connectivity index (χ0n) is 11.6. The Morgan fingerprint density at radius 2 is 1.95 bits per heavy atom. The van der Waals surface area contributed by atoms with E-state index in [9.17, 15) is 9.50 Å². The highest BCUT2D eigenvalue weighted by Gasteiger charge is 2.39. The van der Waals surface area contributed by atoms with Crippen LogP contribution >= 0.6 is 0 Å². The van der Waals surface area contributed by atoms with E-state index in [4.69, 9.17) is 4.74 Å². The second kappa shape index (κ2) is 6.49. The molecule has 2 rings (SSSR count). The number of rotatable bonds is 5. The smallest absolute Gasteiger partial charge is 0.126 e. The molecule has 0 heterocycles. The minimum atomic E-state index is -0.635. The Morgan fingerprint density at radius 1 is 1.26 bits per heavy atom. The molecule has 1 atom stereocenters. The van der Waals surface area contributed by atoms with Crippen molar-refractivity contribution >= 4 is 0 Å². The SMILES string of the molecule is CCOC1(C(O)Cc2ccccc2F)CCCCC1. The second-order valence-electron chi connectivity index (χ2n) is 5.37. The van der Waals surface area contributed by atoms with Crippen molar-refractivity contribution < 1.29 is 14.2 Å². The topological polar surface area (TPSA) is 29.5 Å². The molecule has 0 bridgehead atoms. The van der Waals surface area contributed by atoms with Gasteiger partial charge in [-0.25, -0.2) is 4.39 Å². The summed E-state index contributed by atoms with van der Waals surface area (Å²) >= 11 is 0. The van der Waals surface area contributed by atoms with E-state index in [2.05, 4.69) is 0 Å². The fourth-order valence-corrected chi connectivity index (χ4v) is 3.07. The van der Waals surface area contributed by atoms with Gasteiger partial charge in [-0.3, -0.25) is 0 Å². The van der Waals surface area contributed by atoms with Crippen LogP contribution in [0.2, 0.25) is 0 Å². The average Bonchev–Trinajstić information content (AvgIpc) is 2.42. The lowest BCUT2D eigenvalue weighted by atomic mass is 9.78. The maximum Gasteiger partial charge on any atom is 0.126 e. The van der Waals surface area contributed by atoms with Crippen LogP contribution in [-0.2, 0) is 11.2 Å². The summed E-state index contributed by atoms with van der Waals surface area (Å²) in [5.74, 6) is -0.246. The third kappa shape index (κ3) is 3.34. The molecule has 1 aromatic carbocycles. The maximum atomic E-state index is 13.7. The molecule has 1 aliphatic carbocycles. The molecular weight excluding hydrogens is 243 g/mol. The van der Waals surface area contributed by atoms with E-state index in [0.717, 1.165) is 25.7 Å². The van der Waals surface area contributed by atoms with Gasteiger partial charge in [0.25, 0.3) is 0 Å². The molecule has 19 heavy (non-hydrogen) atoms. The predicted molar refractivity (Wildman–Crippen MR) is 73.6 cm³/mol. The van der Waals surface area contributed by atoms with Crippen LogP contribution in [0.15, 0.2) is 24.3 Å². The van der Waals surface area contributed by atoms with Gasteiger partial charge in [-0.2, -0.15) is 0 Å². The lowest BCUT2D eigenvalue weighted by molar-refractivity contribution is -0.138. The zero-order chi connectivity index (χ0) is 13.7. The largest absolute Gasteiger partial charge is 0.390 e. The summed E-state index contributed by atoms with van der Waals surface area (Å²) < 4.78 is 19.5. The first-order valence-corrected chi connectivity index (χ1v) is 7.23. The zero-order valence-corrected chi connectivity index (χ0v) is 11.6. The molecule has 1 N–H and O–H groups in total. The average molecular weight is 266 g/mol. The van der Waals surface area contributed by atoms with Crippen molar-refractivity contribution in [3.05, 3.63) is 35.6 Å². The van der Waals surface area contributed by atoms with Gasteiger partial charge >= 0.3 is 0 Å². The number of hydrogen-bond donors (Lipinski definition) is 1. The van der Waals surface area contributed by atoms with Crippen LogP contribution < -0.4 is 0 Å². The Bertz CT molecular complexity index is 394. The quantitative estimate of drug-likeness (QED) is 0.884. The van der Waals surface area contributed by atoms with Gasteiger partial charge < -0.3 is 9.84 Å². The van der Waals surface area contributed by atoms with E-state index in [0.29, 0.717) is 18.6 Å². The first-order chi connectivity index (χ1) is 9.18. The molecule has 1 fully saturated rings. The molecule has 106 valence electrons. The summed E-state index contributed by atoms with van der Waals surface area (Å²) in [5.41, 5.74) is 0.0922. The number of aliphatic hydroxyl groups excluding tert-OH is 1. The van der Waals surface area contributed by atoms with Crippen molar-refractivity contribution in [1.29, 1.82) is 0 Å². The van der Waals surface area contributed by atoms with E-state index in [1.807, 2.05) is 6.92 Å². The Balaban J connectivity index is 2.11. The molecule has 0 radical (unpaired) electrons. The minimum absolute atomic E-state index is 0.246. The Labute approximate surface area is 114 Å². The Kier molecular flexibility index (Phi) is 4.94. The van der Waals surface area contributed by atoms with Crippen molar-refractivity contribution in [3.63, 3.8) is 0 Å². The molecule has 0 amide bonds. The van der Waals surface area contributed by atoms with Crippen molar-refractivity contribution in [2.45, 2.75) is 57.2 Å². The van der Waals surface area contributed by atoms with E-state index in [-0.39, 0.29) is 5.82 Å². The Morgan fingerprint density at radius 3 is 2.58 bits per heavy atom. The molecule has 1 saturated carbocycles. The summed E-state index contributed by atoms with van der Waals surface area (Å²) in [4.78, 5) is 0. The summed E-state index contributed by atoms with van der Waals surface area (Å²) in [6, 6.07) is 6.65. The van der Waals surface area contributed by atoms with Crippen LogP contribution in [-0.4, -0.2) is 23.4 Å². The second-order valence-corrected chi connectivity index (χ2v) is 5.37. The summed E-state index contributed by atoms with van der Waals surface area (Å²) in [6.07, 6.45) is 4.79.